The number of nitrogens with zero attached hydrogens (tertiary/aromatic N) is 1. The molecule has 0 aliphatic heterocycles. The molecule has 2 aromatic rings. The molecule has 0 heterocycles. The van der Waals surface area contributed by atoms with E-state index in [0.717, 1.165) is 17.1 Å². The first-order valence-electron chi connectivity index (χ1n) is 5.41. The third-order valence-corrected chi connectivity index (χ3v) is 3.08. The normalized spacial score (nSPS) is 11.3. The Morgan fingerprint density at radius 3 is 2.50 bits per heavy atom. The summed E-state index contributed by atoms with van der Waals surface area (Å²) in [5.41, 5.74) is 0.935. The topological polar surface area (TPSA) is 45.0 Å². The van der Waals surface area contributed by atoms with Crippen LogP contribution in [0.4, 0.5) is 0 Å². The van der Waals surface area contributed by atoms with E-state index in [-0.39, 0.29) is 4.95 Å². The molecule has 0 radical (unpaired) electrons. The molecule has 0 amide bonds. The average molecular weight is 303 g/mol. The summed E-state index contributed by atoms with van der Waals surface area (Å²) in [6.45, 7) is 0. The molecule has 0 saturated carbocycles. The van der Waals surface area contributed by atoms with Gasteiger partial charge in [-0.2, -0.15) is 5.26 Å². The molecule has 0 aliphatic rings. The van der Waals surface area contributed by atoms with Gasteiger partial charge in [0.1, 0.15) is 16.5 Å². The number of hydrogen-bond acceptors (Lipinski definition) is 3. The second-order valence-corrected chi connectivity index (χ2v) is 4.52. The van der Waals surface area contributed by atoms with Gasteiger partial charge in [0.2, 0.25) is 0 Å². The Kier molecular flexibility index (Phi) is 4.21. The maximum Gasteiger partial charge on any atom is 0.177 e. The lowest BCUT2D eigenvalue weighted by atomic mass is 10.2. The molecule has 3 nitrogen and oxygen atoms in total. The number of rotatable bonds is 4. The summed E-state index contributed by atoms with van der Waals surface area (Å²) in [6, 6.07) is 17.1. The Morgan fingerprint density at radius 1 is 1.06 bits per heavy atom. The molecule has 90 valence electrons. The lowest BCUT2D eigenvalue weighted by Gasteiger charge is -2.10. The number of nitriles is 1. The van der Waals surface area contributed by atoms with Crippen LogP contribution in [0.3, 0.4) is 0 Å². The lowest BCUT2D eigenvalue weighted by Crippen LogP contribution is -2.08. The van der Waals surface area contributed by atoms with Crippen LogP contribution in [0, 0.1) is 11.5 Å². The molecular weight excluding hydrogens is 292 g/mol. The largest absolute Gasteiger partial charge is 0.457 e. The zero-order chi connectivity index (χ0) is 12.8. The monoisotopic (exact) mass is 302 g/mol. The van der Waals surface area contributed by atoms with E-state index in [2.05, 4.69) is 21.2 Å². The van der Waals surface area contributed by atoms with Gasteiger partial charge in [0.05, 0.1) is 0 Å². The van der Waals surface area contributed by atoms with Gasteiger partial charge in [-0.25, -0.2) is 0 Å². The van der Waals surface area contributed by atoms with Crippen LogP contribution >= 0.6 is 15.9 Å². The van der Waals surface area contributed by atoms with Crippen LogP contribution in [0.25, 0.3) is 0 Å². The van der Waals surface area contributed by atoms with Crippen molar-refractivity contribution in [1.29, 1.82) is 5.26 Å². The van der Waals surface area contributed by atoms with Crippen LogP contribution in [0.5, 0.6) is 11.5 Å². The van der Waals surface area contributed by atoms with Crippen molar-refractivity contribution in [2.24, 2.45) is 0 Å². The number of alkyl halides is 1. The minimum atomic E-state index is -0.207. The fraction of sp³-hybridized carbons (Fsp3) is 0.0714. The van der Waals surface area contributed by atoms with E-state index < -0.39 is 0 Å². The van der Waals surface area contributed by atoms with Crippen molar-refractivity contribution in [3.63, 3.8) is 0 Å². The third kappa shape index (κ3) is 3.25. The van der Waals surface area contributed by atoms with E-state index in [9.17, 15) is 0 Å². The first-order chi connectivity index (χ1) is 8.79. The van der Waals surface area contributed by atoms with Crippen LogP contribution in [0.15, 0.2) is 54.6 Å². The minimum absolute atomic E-state index is 0.207. The Morgan fingerprint density at radius 2 is 1.78 bits per heavy atom. The average Bonchev–Trinajstić information content (AvgIpc) is 2.40. The number of hydrogen-bond donors (Lipinski definition) is 1. The van der Waals surface area contributed by atoms with Crippen LogP contribution in [-0.2, 0) is 0 Å². The Hall–Kier alpha value is -1.99. The SMILES string of the molecule is N#CNC(Br)c1cccc(Oc2ccccc2)c1. The predicted octanol–water partition coefficient (Wildman–Crippen LogP) is 3.94. The standard InChI is InChI=1S/C14H11BrN2O/c15-14(17-10-16)11-5-4-8-13(9-11)18-12-6-2-1-3-7-12/h1-9,14,17H. The smallest absolute Gasteiger partial charge is 0.177 e. The zero-order valence-electron chi connectivity index (χ0n) is 9.51. The number of ether oxygens (including phenoxy) is 1. The van der Waals surface area contributed by atoms with Crippen molar-refractivity contribution in [3.8, 4) is 17.7 Å². The molecule has 1 atom stereocenters. The summed E-state index contributed by atoms with van der Waals surface area (Å²) in [6.07, 6.45) is 1.90. The van der Waals surface area contributed by atoms with Crippen LogP contribution < -0.4 is 10.1 Å². The van der Waals surface area contributed by atoms with Gasteiger partial charge in [0.15, 0.2) is 6.19 Å². The predicted molar refractivity (Wildman–Crippen MR) is 73.4 cm³/mol. The number of halogens is 1. The van der Waals surface area contributed by atoms with Crippen LogP contribution in [0.1, 0.15) is 10.5 Å². The van der Waals surface area contributed by atoms with E-state index >= 15 is 0 Å². The van der Waals surface area contributed by atoms with E-state index in [1.165, 1.54) is 0 Å². The minimum Gasteiger partial charge on any atom is -0.457 e. The van der Waals surface area contributed by atoms with Gasteiger partial charge in [0.25, 0.3) is 0 Å². The van der Waals surface area contributed by atoms with Gasteiger partial charge in [-0.05, 0) is 29.8 Å². The Labute approximate surface area is 114 Å². The quantitative estimate of drug-likeness (QED) is 0.403. The molecule has 2 aromatic carbocycles. The van der Waals surface area contributed by atoms with E-state index in [1.54, 1.807) is 0 Å². The first-order valence-corrected chi connectivity index (χ1v) is 6.33. The molecule has 0 spiro atoms. The molecule has 0 saturated heterocycles. The van der Waals surface area contributed by atoms with Crippen molar-refractivity contribution >= 4 is 15.9 Å². The van der Waals surface area contributed by atoms with Gasteiger partial charge in [-0.1, -0.05) is 46.3 Å². The Balaban J connectivity index is 2.15. The van der Waals surface area contributed by atoms with Crippen molar-refractivity contribution in [2.75, 3.05) is 0 Å². The van der Waals surface area contributed by atoms with Crippen molar-refractivity contribution in [3.05, 3.63) is 60.2 Å². The third-order valence-electron chi connectivity index (χ3n) is 2.32. The van der Waals surface area contributed by atoms with Gasteiger partial charge in [0, 0.05) is 0 Å². The summed E-state index contributed by atoms with van der Waals surface area (Å²) < 4.78 is 5.72. The fourth-order valence-electron chi connectivity index (χ4n) is 1.50. The van der Waals surface area contributed by atoms with Crippen molar-refractivity contribution < 1.29 is 4.74 Å². The lowest BCUT2D eigenvalue weighted by molar-refractivity contribution is 0.482. The molecule has 1 N–H and O–H groups in total. The van der Waals surface area contributed by atoms with Gasteiger partial charge in [-0.3, -0.25) is 0 Å². The highest BCUT2D eigenvalue weighted by molar-refractivity contribution is 9.09. The van der Waals surface area contributed by atoms with Crippen molar-refractivity contribution in [2.45, 2.75) is 4.95 Å². The van der Waals surface area contributed by atoms with Crippen LogP contribution in [-0.4, -0.2) is 0 Å². The second kappa shape index (κ2) is 6.08. The van der Waals surface area contributed by atoms with Gasteiger partial charge >= 0.3 is 0 Å². The van der Waals surface area contributed by atoms with E-state index in [1.807, 2.05) is 60.8 Å². The van der Waals surface area contributed by atoms with E-state index in [4.69, 9.17) is 10.00 Å². The number of para-hydroxylation sites is 1. The maximum atomic E-state index is 8.58. The molecule has 0 aliphatic carbocycles. The fourth-order valence-corrected chi connectivity index (χ4v) is 1.89. The molecule has 0 bridgehead atoms. The summed E-state index contributed by atoms with van der Waals surface area (Å²) >= 11 is 3.38. The highest BCUT2D eigenvalue weighted by atomic mass is 79.9. The Bertz CT molecular complexity index is 551. The summed E-state index contributed by atoms with van der Waals surface area (Å²) in [5, 5.41) is 11.2. The highest BCUT2D eigenvalue weighted by Crippen LogP contribution is 2.26. The molecule has 1 unspecified atom stereocenters. The summed E-state index contributed by atoms with van der Waals surface area (Å²) in [7, 11) is 0. The molecule has 18 heavy (non-hydrogen) atoms. The molecule has 0 aromatic heterocycles. The van der Waals surface area contributed by atoms with Gasteiger partial charge < -0.3 is 10.1 Å². The molecule has 0 fully saturated rings. The molecule has 4 heteroatoms. The second-order valence-electron chi connectivity index (χ2n) is 3.61. The number of benzene rings is 2. The van der Waals surface area contributed by atoms with Gasteiger partial charge in [-0.15, -0.1) is 0 Å². The first kappa shape index (κ1) is 12.5. The summed E-state index contributed by atoms with van der Waals surface area (Å²) in [5.74, 6) is 1.52. The number of nitrogens with one attached hydrogen (secondary N) is 1. The molecular formula is C14H11BrN2O. The summed E-state index contributed by atoms with van der Waals surface area (Å²) in [4.78, 5) is -0.207. The van der Waals surface area contributed by atoms with Crippen LogP contribution in [0.2, 0.25) is 0 Å². The highest BCUT2D eigenvalue weighted by Gasteiger charge is 2.06. The van der Waals surface area contributed by atoms with E-state index in [0.29, 0.717) is 0 Å². The molecule has 2 rings (SSSR count). The van der Waals surface area contributed by atoms with Crippen molar-refractivity contribution in [1.82, 2.24) is 5.32 Å². The maximum absolute atomic E-state index is 8.58. The zero-order valence-corrected chi connectivity index (χ0v) is 11.1.